The molecule has 0 aliphatic rings. The van der Waals surface area contributed by atoms with Gasteiger partial charge in [-0.3, -0.25) is 9.11 Å². The average Bonchev–Trinajstić information content (AvgIpc) is 1.12. The summed E-state index contributed by atoms with van der Waals surface area (Å²) in [7, 11) is 3.83. The van der Waals surface area contributed by atoms with Crippen LogP contribution in [0, 0.1) is 0 Å². The molecule has 72 valence electrons. The molecule has 0 bridgehead atoms. The van der Waals surface area contributed by atoms with Crippen LogP contribution in [0.15, 0.2) is 0 Å². The molecule has 4 N–H and O–H groups in total. The summed E-state index contributed by atoms with van der Waals surface area (Å²) in [5.74, 6) is 0. The van der Waals surface area contributed by atoms with Gasteiger partial charge in [0.1, 0.15) is 0 Å². The molecule has 0 saturated heterocycles. The molecule has 6 nitrogen and oxygen atoms in total. The molecule has 0 unspecified atom stereocenters. The van der Waals surface area contributed by atoms with E-state index < -0.39 is 10.4 Å². The highest BCUT2D eigenvalue weighted by molar-refractivity contribution is 7.79. The molecule has 0 spiro atoms. The van der Waals surface area contributed by atoms with Gasteiger partial charge in [0, 0.05) is 0 Å². The highest BCUT2D eigenvalue weighted by Gasteiger charge is 1.88. The van der Waals surface area contributed by atoms with Gasteiger partial charge in [-0.15, -0.1) is 0 Å². The molecule has 0 aromatic carbocycles. The van der Waals surface area contributed by atoms with Crippen molar-refractivity contribution in [3.05, 3.63) is 0 Å². The van der Waals surface area contributed by atoms with Gasteiger partial charge in [0.05, 0.1) is 28.2 Å². The Morgan fingerprint density at radius 3 is 1.00 bits per heavy atom. The van der Waals surface area contributed by atoms with E-state index in [1.54, 1.807) is 0 Å². The molecular weight excluding hydrogens is 174 g/mol. The van der Waals surface area contributed by atoms with E-state index in [1.807, 2.05) is 0 Å². The van der Waals surface area contributed by atoms with Crippen molar-refractivity contribution in [3.8, 4) is 0 Å². The Morgan fingerprint density at radius 1 is 1.00 bits per heavy atom. The largest absolute Gasteiger partial charge is 0.412 e. The first kappa shape index (κ1) is 17.0. The minimum absolute atomic E-state index is 0. The molecule has 0 rings (SSSR count). The molecular formula is C4H16NO5S+. The number of hydrogen-bond donors (Lipinski definition) is 2. The summed E-state index contributed by atoms with van der Waals surface area (Å²) in [6.07, 6.45) is 0. The molecule has 0 atom stereocenters. The Balaban J connectivity index is -0.000000107. The van der Waals surface area contributed by atoms with Crippen molar-refractivity contribution in [2.24, 2.45) is 0 Å². The maximum Gasteiger partial charge on any atom is 0.394 e. The quantitative estimate of drug-likeness (QED) is 0.371. The third-order valence-corrected chi connectivity index (χ3v) is 0. The highest BCUT2D eigenvalue weighted by atomic mass is 32.3. The molecule has 0 aromatic rings. The molecule has 11 heavy (non-hydrogen) atoms. The second-order valence-electron chi connectivity index (χ2n) is 3.13. The Labute approximate surface area is 66.9 Å². The van der Waals surface area contributed by atoms with Gasteiger partial charge in [0.25, 0.3) is 0 Å². The molecule has 0 saturated carbocycles. The van der Waals surface area contributed by atoms with Gasteiger partial charge in [0.2, 0.25) is 0 Å². The third kappa shape index (κ3) is 13500. The van der Waals surface area contributed by atoms with Crippen LogP contribution in [0.3, 0.4) is 0 Å². The van der Waals surface area contributed by atoms with Crippen LogP contribution in [0.5, 0.6) is 0 Å². The molecule has 0 fully saturated rings. The van der Waals surface area contributed by atoms with Crippen LogP contribution in [0.2, 0.25) is 0 Å². The summed E-state index contributed by atoms with van der Waals surface area (Å²) in [6, 6.07) is 0. The van der Waals surface area contributed by atoms with Crippen molar-refractivity contribution in [3.63, 3.8) is 0 Å². The van der Waals surface area contributed by atoms with E-state index in [4.69, 9.17) is 17.5 Å². The van der Waals surface area contributed by atoms with Crippen molar-refractivity contribution >= 4 is 10.4 Å². The van der Waals surface area contributed by atoms with Gasteiger partial charge in [-0.2, -0.15) is 8.42 Å². The minimum atomic E-state index is -4.67. The second kappa shape index (κ2) is 5.44. The van der Waals surface area contributed by atoms with Crippen molar-refractivity contribution in [2.45, 2.75) is 0 Å². The second-order valence-corrected chi connectivity index (χ2v) is 4.03. The molecule has 0 aliphatic carbocycles. The van der Waals surface area contributed by atoms with E-state index in [2.05, 4.69) is 28.2 Å². The van der Waals surface area contributed by atoms with Crippen molar-refractivity contribution < 1.29 is 27.5 Å². The lowest BCUT2D eigenvalue weighted by Gasteiger charge is -2.14. The van der Waals surface area contributed by atoms with E-state index in [0.29, 0.717) is 0 Å². The van der Waals surface area contributed by atoms with Gasteiger partial charge >= 0.3 is 10.4 Å². The maximum atomic E-state index is 8.74. The zero-order valence-corrected chi connectivity index (χ0v) is 7.88. The minimum Gasteiger partial charge on any atom is -0.412 e. The van der Waals surface area contributed by atoms with E-state index in [1.165, 1.54) is 0 Å². The first-order chi connectivity index (χ1) is 4.00. The number of quaternary nitrogens is 1. The monoisotopic (exact) mass is 190 g/mol. The van der Waals surface area contributed by atoms with Crippen molar-refractivity contribution in [1.82, 2.24) is 0 Å². The van der Waals surface area contributed by atoms with Crippen LogP contribution in [-0.2, 0) is 10.4 Å². The van der Waals surface area contributed by atoms with Crippen LogP contribution in [0.1, 0.15) is 0 Å². The first-order valence-electron chi connectivity index (χ1n) is 2.49. The maximum absolute atomic E-state index is 8.74. The van der Waals surface area contributed by atoms with Gasteiger partial charge in [-0.05, 0) is 0 Å². The Morgan fingerprint density at radius 2 is 1.00 bits per heavy atom. The van der Waals surface area contributed by atoms with Crippen LogP contribution < -0.4 is 0 Å². The Kier molecular flexibility index (Phi) is 8.43. The molecule has 0 aromatic heterocycles. The van der Waals surface area contributed by atoms with Gasteiger partial charge in [-0.25, -0.2) is 0 Å². The molecule has 0 aliphatic heterocycles. The average molecular weight is 190 g/mol. The van der Waals surface area contributed by atoms with Gasteiger partial charge < -0.3 is 9.96 Å². The number of hydrogen-bond acceptors (Lipinski definition) is 2. The fourth-order valence-corrected chi connectivity index (χ4v) is 0. The fourth-order valence-electron chi connectivity index (χ4n) is 0. The summed E-state index contributed by atoms with van der Waals surface area (Å²) in [6.45, 7) is 0. The van der Waals surface area contributed by atoms with Crippen LogP contribution in [0.4, 0.5) is 0 Å². The predicted octanol–water partition coefficient (Wildman–Crippen LogP) is -1.16. The first-order valence-corrected chi connectivity index (χ1v) is 3.88. The van der Waals surface area contributed by atoms with Crippen LogP contribution in [0.25, 0.3) is 0 Å². The summed E-state index contributed by atoms with van der Waals surface area (Å²) in [5.41, 5.74) is 0. The number of rotatable bonds is 0. The summed E-state index contributed by atoms with van der Waals surface area (Å²) >= 11 is 0. The van der Waals surface area contributed by atoms with Gasteiger partial charge in [0.15, 0.2) is 0 Å². The molecule has 7 heteroatoms. The zero-order chi connectivity index (χ0) is 9.00. The summed E-state index contributed by atoms with van der Waals surface area (Å²) in [5, 5.41) is 0. The van der Waals surface area contributed by atoms with Crippen LogP contribution in [-0.4, -0.2) is 55.7 Å². The van der Waals surface area contributed by atoms with Gasteiger partial charge in [-0.1, -0.05) is 0 Å². The smallest absolute Gasteiger partial charge is 0.394 e. The fraction of sp³-hybridized carbons (Fsp3) is 1.00. The zero-order valence-electron chi connectivity index (χ0n) is 7.07. The van der Waals surface area contributed by atoms with E-state index >= 15 is 0 Å². The third-order valence-electron chi connectivity index (χ3n) is 0. The van der Waals surface area contributed by atoms with E-state index in [9.17, 15) is 0 Å². The number of nitrogens with zero attached hydrogens (tertiary/aromatic N) is 1. The van der Waals surface area contributed by atoms with Crippen molar-refractivity contribution in [1.29, 1.82) is 0 Å². The lowest BCUT2D eigenvalue weighted by molar-refractivity contribution is -0.849. The van der Waals surface area contributed by atoms with Crippen molar-refractivity contribution in [2.75, 3.05) is 28.2 Å². The Bertz CT molecular complexity index is 153. The normalized spacial score (nSPS) is 10.7. The molecule has 0 heterocycles. The predicted molar refractivity (Wildman–Crippen MR) is 41.7 cm³/mol. The lowest BCUT2D eigenvalue weighted by Crippen LogP contribution is -2.27. The highest BCUT2D eigenvalue weighted by Crippen LogP contribution is 1.73. The van der Waals surface area contributed by atoms with E-state index in [0.717, 1.165) is 4.48 Å². The summed E-state index contributed by atoms with van der Waals surface area (Å²) < 4.78 is 32.6. The van der Waals surface area contributed by atoms with E-state index in [-0.39, 0.29) is 5.48 Å². The topological polar surface area (TPSA) is 106 Å². The lowest BCUT2D eigenvalue weighted by atomic mass is 10.8. The molecule has 0 amide bonds. The SMILES string of the molecule is C[N+](C)(C)C.O.O=S(=O)(O)O. The molecule has 0 radical (unpaired) electrons. The van der Waals surface area contributed by atoms with Crippen LogP contribution >= 0.6 is 0 Å². The Hall–Kier alpha value is -0.210. The standard InChI is InChI=1S/C4H12N.H2O4S.H2O/c2*1-5(2,3)4;/h1-4H3;(H2,1,2,3,4);1H2/q+1;;. The summed E-state index contributed by atoms with van der Waals surface area (Å²) in [4.78, 5) is 0.